The summed E-state index contributed by atoms with van der Waals surface area (Å²) in [5.74, 6) is 4.03. The van der Waals surface area contributed by atoms with Crippen molar-refractivity contribution in [3.8, 4) is 0 Å². The fraction of sp³-hybridized carbons (Fsp3) is 0.760. The van der Waals surface area contributed by atoms with Crippen molar-refractivity contribution in [1.82, 2.24) is 0 Å². The minimum Gasteiger partial charge on any atom is -0.0625 e. The van der Waals surface area contributed by atoms with Crippen LogP contribution in [-0.4, -0.2) is 0 Å². The molecule has 2 saturated carbocycles. The Bertz CT molecular complexity index is 566. The third-order valence-corrected chi connectivity index (χ3v) is 7.87. The standard InChI is InChI=1S/C25H40/c1-17-6-8-22(9-7-17)15-23-10-12-24(13-11-23)16-25-14-18(2)19(3)20(4)21(25)5/h14,17,22-24H,6-13,15-16H2,1-5H3. The molecule has 1 aromatic carbocycles. The van der Waals surface area contributed by atoms with Gasteiger partial charge in [0, 0.05) is 0 Å². The highest BCUT2D eigenvalue weighted by molar-refractivity contribution is 5.43. The highest BCUT2D eigenvalue weighted by Crippen LogP contribution is 2.39. The van der Waals surface area contributed by atoms with Gasteiger partial charge in [0.15, 0.2) is 0 Å². The van der Waals surface area contributed by atoms with E-state index in [0.29, 0.717) is 0 Å². The number of hydrogen-bond donors (Lipinski definition) is 0. The normalized spacial score (nSPS) is 30.4. The first-order valence-electron chi connectivity index (χ1n) is 11.0. The minimum absolute atomic E-state index is 0.933. The van der Waals surface area contributed by atoms with E-state index in [4.69, 9.17) is 0 Å². The smallest absolute Gasteiger partial charge is 0.0248 e. The maximum Gasteiger partial charge on any atom is -0.0248 e. The lowest BCUT2D eigenvalue weighted by Crippen LogP contribution is -2.21. The third kappa shape index (κ3) is 4.69. The van der Waals surface area contributed by atoms with Gasteiger partial charge in [-0.15, -0.1) is 0 Å². The first-order valence-corrected chi connectivity index (χ1v) is 11.0. The Hall–Kier alpha value is -0.780. The molecule has 0 amide bonds. The topological polar surface area (TPSA) is 0 Å². The zero-order valence-electron chi connectivity index (χ0n) is 17.5. The highest BCUT2D eigenvalue weighted by atomic mass is 14.3. The molecule has 25 heavy (non-hydrogen) atoms. The maximum absolute atomic E-state index is 2.48. The van der Waals surface area contributed by atoms with Crippen LogP contribution < -0.4 is 0 Å². The van der Waals surface area contributed by atoms with Gasteiger partial charge in [-0.05, 0) is 105 Å². The SMILES string of the molecule is Cc1cc(CC2CCC(CC3CCC(C)CC3)CC2)c(C)c(C)c1C. The highest BCUT2D eigenvalue weighted by Gasteiger charge is 2.26. The van der Waals surface area contributed by atoms with E-state index in [9.17, 15) is 0 Å². The average molecular weight is 341 g/mol. The first kappa shape index (κ1) is 19.0. The van der Waals surface area contributed by atoms with Crippen molar-refractivity contribution < 1.29 is 0 Å². The van der Waals surface area contributed by atoms with Gasteiger partial charge in [-0.2, -0.15) is 0 Å². The van der Waals surface area contributed by atoms with Crippen LogP contribution in [0.4, 0.5) is 0 Å². The summed E-state index contributed by atoms with van der Waals surface area (Å²) >= 11 is 0. The number of benzene rings is 1. The van der Waals surface area contributed by atoms with Crippen LogP contribution in [0.5, 0.6) is 0 Å². The molecule has 140 valence electrons. The molecule has 0 N–H and O–H groups in total. The number of hydrogen-bond acceptors (Lipinski definition) is 0. The lowest BCUT2D eigenvalue weighted by molar-refractivity contribution is 0.195. The predicted octanol–water partition coefficient (Wildman–Crippen LogP) is 7.49. The van der Waals surface area contributed by atoms with Crippen LogP contribution in [0.2, 0.25) is 0 Å². The lowest BCUT2D eigenvalue weighted by Gasteiger charge is -2.33. The second-order valence-electron chi connectivity index (χ2n) is 9.68. The third-order valence-electron chi connectivity index (χ3n) is 7.87. The van der Waals surface area contributed by atoms with Gasteiger partial charge < -0.3 is 0 Å². The van der Waals surface area contributed by atoms with Gasteiger partial charge in [0.1, 0.15) is 0 Å². The Morgan fingerprint density at radius 2 is 1.20 bits per heavy atom. The molecule has 0 aromatic heterocycles. The second-order valence-corrected chi connectivity index (χ2v) is 9.68. The van der Waals surface area contributed by atoms with Crippen LogP contribution in [0.1, 0.15) is 92.5 Å². The second kappa shape index (κ2) is 8.28. The maximum atomic E-state index is 2.48. The molecule has 0 nitrogen and oxygen atoms in total. The van der Waals surface area contributed by atoms with Crippen LogP contribution in [0, 0.1) is 51.4 Å². The minimum atomic E-state index is 0.933. The lowest BCUT2D eigenvalue weighted by atomic mass is 9.72. The van der Waals surface area contributed by atoms with Crippen molar-refractivity contribution in [1.29, 1.82) is 0 Å². The van der Waals surface area contributed by atoms with E-state index in [1.54, 1.807) is 17.5 Å². The summed E-state index contributed by atoms with van der Waals surface area (Å²) in [5.41, 5.74) is 7.69. The summed E-state index contributed by atoms with van der Waals surface area (Å²) in [4.78, 5) is 0. The van der Waals surface area contributed by atoms with Crippen LogP contribution in [0.3, 0.4) is 0 Å². The molecule has 1 aromatic rings. The van der Waals surface area contributed by atoms with Crippen molar-refractivity contribution in [2.24, 2.45) is 23.7 Å². The Kier molecular flexibility index (Phi) is 6.29. The van der Waals surface area contributed by atoms with Gasteiger partial charge in [0.2, 0.25) is 0 Å². The first-order chi connectivity index (χ1) is 11.9. The monoisotopic (exact) mass is 340 g/mol. The number of rotatable bonds is 4. The molecule has 0 radical (unpaired) electrons. The molecule has 0 saturated heterocycles. The summed E-state index contributed by atoms with van der Waals surface area (Å²) < 4.78 is 0. The van der Waals surface area contributed by atoms with E-state index < -0.39 is 0 Å². The average Bonchev–Trinajstić information content (AvgIpc) is 2.61. The van der Waals surface area contributed by atoms with Crippen molar-refractivity contribution in [3.63, 3.8) is 0 Å². The van der Waals surface area contributed by atoms with Crippen LogP contribution in [0.25, 0.3) is 0 Å². The Labute approximate surface area is 156 Å². The van der Waals surface area contributed by atoms with Crippen molar-refractivity contribution in [3.05, 3.63) is 33.9 Å². The van der Waals surface area contributed by atoms with Crippen LogP contribution in [-0.2, 0) is 6.42 Å². The molecule has 0 bridgehead atoms. The van der Waals surface area contributed by atoms with Crippen molar-refractivity contribution in [2.75, 3.05) is 0 Å². The molecule has 0 heterocycles. The largest absolute Gasteiger partial charge is 0.0625 e. The zero-order valence-corrected chi connectivity index (χ0v) is 17.5. The summed E-state index contributed by atoms with van der Waals surface area (Å²) in [5, 5.41) is 0. The molecular formula is C25H40. The molecule has 0 unspecified atom stereocenters. The fourth-order valence-electron chi connectivity index (χ4n) is 5.53. The molecule has 0 atom stereocenters. The van der Waals surface area contributed by atoms with E-state index >= 15 is 0 Å². The van der Waals surface area contributed by atoms with E-state index in [-0.39, 0.29) is 0 Å². The fourth-order valence-corrected chi connectivity index (χ4v) is 5.53. The van der Waals surface area contributed by atoms with Gasteiger partial charge in [0.05, 0.1) is 0 Å². The molecular weight excluding hydrogens is 300 g/mol. The Morgan fingerprint density at radius 3 is 1.80 bits per heavy atom. The van der Waals surface area contributed by atoms with Crippen LogP contribution >= 0.6 is 0 Å². The number of aryl methyl sites for hydroxylation is 1. The van der Waals surface area contributed by atoms with Gasteiger partial charge in [0.25, 0.3) is 0 Å². The molecule has 0 aliphatic heterocycles. The predicted molar refractivity (Wildman–Crippen MR) is 110 cm³/mol. The molecule has 0 spiro atoms. The van der Waals surface area contributed by atoms with E-state index in [0.717, 1.165) is 23.7 Å². The summed E-state index contributed by atoms with van der Waals surface area (Å²) in [6, 6.07) is 2.48. The quantitative estimate of drug-likeness (QED) is 0.532. The van der Waals surface area contributed by atoms with Crippen molar-refractivity contribution in [2.45, 2.75) is 98.8 Å². The molecule has 2 fully saturated rings. The molecule has 3 rings (SSSR count). The zero-order chi connectivity index (χ0) is 18.0. The van der Waals surface area contributed by atoms with Crippen molar-refractivity contribution >= 4 is 0 Å². The van der Waals surface area contributed by atoms with E-state index in [1.807, 2.05) is 0 Å². The molecule has 0 heteroatoms. The van der Waals surface area contributed by atoms with E-state index in [2.05, 4.69) is 40.7 Å². The molecule has 2 aliphatic rings. The van der Waals surface area contributed by atoms with Gasteiger partial charge in [-0.3, -0.25) is 0 Å². The summed E-state index contributed by atoms with van der Waals surface area (Å²) in [6.45, 7) is 11.7. The summed E-state index contributed by atoms with van der Waals surface area (Å²) in [7, 11) is 0. The molecule has 2 aliphatic carbocycles. The van der Waals surface area contributed by atoms with E-state index in [1.165, 1.54) is 74.5 Å². The van der Waals surface area contributed by atoms with Gasteiger partial charge in [-0.25, -0.2) is 0 Å². The Balaban J connectivity index is 1.50. The van der Waals surface area contributed by atoms with Crippen LogP contribution in [0.15, 0.2) is 6.07 Å². The summed E-state index contributed by atoms with van der Waals surface area (Å²) in [6.07, 6.45) is 14.8. The van der Waals surface area contributed by atoms with Gasteiger partial charge in [-0.1, -0.05) is 51.5 Å². The Morgan fingerprint density at radius 1 is 0.680 bits per heavy atom. The van der Waals surface area contributed by atoms with Gasteiger partial charge >= 0.3 is 0 Å².